The summed E-state index contributed by atoms with van der Waals surface area (Å²) in [6.07, 6.45) is 0. The minimum Gasteiger partial charge on any atom is -0.453 e. The van der Waals surface area contributed by atoms with E-state index in [1.165, 1.54) is 16.8 Å². The number of rotatable bonds is 6. The monoisotopic (exact) mass is 390 g/mol. The minimum absolute atomic E-state index is 0.0230. The molecule has 3 rings (SSSR count). The highest BCUT2D eigenvalue weighted by molar-refractivity contribution is 6.00. The van der Waals surface area contributed by atoms with Crippen LogP contribution in [0.25, 0.3) is 0 Å². The van der Waals surface area contributed by atoms with E-state index in [4.69, 9.17) is 4.74 Å². The maximum atomic E-state index is 12.5. The molecule has 0 amide bonds. The van der Waals surface area contributed by atoms with Crippen molar-refractivity contribution in [2.24, 2.45) is 0 Å². The summed E-state index contributed by atoms with van der Waals surface area (Å²) < 4.78 is 6.34. The van der Waals surface area contributed by atoms with E-state index in [1.54, 1.807) is 6.07 Å². The van der Waals surface area contributed by atoms with Gasteiger partial charge >= 0.3 is 5.97 Å². The lowest BCUT2D eigenvalue weighted by molar-refractivity contribution is 0.0466. The second-order valence-electron chi connectivity index (χ2n) is 6.95. The van der Waals surface area contributed by atoms with Gasteiger partial charge in [0.2, 0.25) is 5.78 Å². The summed E-state index contributed by atoms with van der Waals surface area (Å²) in [4.78, 5) is 36.9. The zero-order valence-electron chi connectivity index (χ0n) is 16.6. The smallest absolute Gasteiger partial charge is 0.359 e. The number of ketones is 1. The number of ether oxygens (including phenoxy) is 1. The van der Waals surface area contributed by atoms with Crippen LogP contribution >= 0.6 is 0 Å². The molecular formula is C23H22N2O4. The predicted molar refractivity (Wildman–Crippen MR) is 109 cm³/mol. The Morgan fingerprint density at radius 2 is 1.62 bits per heavy atom. The van der Waals surface area contributed by atoms with E-state index in [9.17, 15) is 14.4 Å². The summed E-state index contributed by atoms with van der Waals surface area (Å²) >= 11 is 0. The lowest BCUT2D eigenvalue weighted by atomic mass is 9.98. The van der Waals surface area contributed by atoms with Crippen molar-refractivity contribution in [3.63, 3.8) is 0 Å². The summed E-state index contributed by atoms with van der Waals surface area (Å²) in [6.45, 7) is 5.61. The van der Waals surface area contributed by atoms with E-state index in [-0.39, 0.29) is 30.2 Å². The first-order chi connectivity index (χ1) is 13.8. The quantitative estimate of drug-likeness (QED) is 0.477. The molecule has 0 radical (unpaired) electrons. The standard InChI is InChI=1S/C23H22N2O4/c1-15-11-17(3)19(12-16(15)2)21(26)14-29-23(28)20-9-10-22(27)25(24-20)13-18-7-5-4-6-8-18/h4-12H,13-14H2,1-3H3. The van der Waals surface area contributed by atoms with Crippen LogP contribution in [-0.2, 0) is 11.3 Å². The van der Waals surface area contributed by atoms with Crippen LogP contribution in [0.4, 0.5) is 0 Å². The molecule has 0 N–H and O–H groups in total. The summed E-state index contributed by atoms with van der Waals surface area (Å²) in [5.74, 6) is -1.03. The van der Waals surface area contributed by atoms with Crippen LogP contribution in [0.3, 0.4) is 0 Å². The normalized spacial score (nSPS) is 10.6. The highest BCUT2D eigenvalue weighted by atomic mass is 16.5. The van der Waals surface area contributed by atoms with Gasteiger partial charge in [0.1, 0.15) is 0 Å². The molecule has 3 aromatic rings. The van der Waals surface area contributed by atoms with Gasteiger partial charge in [0.05, 0.1) is 6.54 Å². The van der Waals surface area contributed by atoms with Crippen molar-refractivity contribution in [1.29, 1.82) is 0 Å². The lowest BCUT2D eigenvalue weighted by Gasteiger charge is -2.10. The molecule has 0 aliphatic heterocycles. The summed E-state index contributed by atoms with van der Waals surface area (Å²) in [5.41, 5.74) is 4.00. The minimum atomic E-state index is -0.748. The Morgan fingerprint density at radius 1 is 0.931 bits per heavy atom. The van der Waals surface area contributed by atoms with Gasteiger partial charge < -0.3 is 4.74 Å². The lowest BCUT2D eigenvalue weighted by Crippen LogP contribution is -2.26. The van der Waals surface area contributed by atoms with Crippen LogP contribution in [0.15, 0.2) is 59.4 Å². The average Bonchev–Trinajstić information content (AvgIpc) is 2.71. The maximum Gasteiger partial charge on any atom is 0.359 e. The Bertz CT molecular complexity index is 1120. The molecule has 148 valence electrons. The molecule has 2 aromatic carbocycles. The highest BCUT2D eigenvalue weighted by Crippen LogP contribution is 2.16. The molecule has 0 spiro atoms. The van der Waals surface area contributed by atoms with Gasteiger partial charge in [-0.05, 0) is 55.2 Å². The first-order valence-corrected chi connectivity index (χ1v) is 9.25. The molecule has 6 nitrogen and oxygen atoms in total. The molecule has 0 aliphatic carbocycles. The Hall–Kier alpha value is -3.54. The Kier molecular flexibility index (Phi) is 6.02. The zero-order valence-corrected chi connectivity index (χ0v) is 16.6. The largest absolute Gasteiger partial charge is 0.453 e. The second kappa shape index (κ2) is 8.65. The van der Waals surface area contributed by atoms with Crippen molar-refractivity contribution < 1.29 is 14.3 Å². The zero-order chi connectivity index (χ0) is 21.0. The van der Waals surface area contributed by atoms with Gasteiger partial charge in [-0.1, -0.05) is 36.4 Å². The van der Waals surface area contributed by atoms with E-state index >= 15 is 0 Å². The van der Waals surface area contributed by atoms with E-state index in [2.05, 4.69) is 5.10 Å². The molecule has 1 heterocycles. The van der Waals surface area contributed by atoms with Crippen molar-refractivity contribution in [1.82, 2.24) is 9.78 Å². The van der Waals surface area contributed by atoms with Crippen molar-refractivity contribution in [2.45, 2.75) is 27.3 Å². The maximum absolute atomic E-state index is 12.5. The van der Waals surface area contributed by atoms with Crippen LogP contribution < -0.4 is 5.56 Å². The molecule has 0 aliphatic rings. The van der Waals surface area contributed by atoms with Gasteiger partial charge in [-0.3, -0.25) is 9.59 Å². The van der Waals surface area contributed by atoms with Crippen LogP contribution in [0.5, 0.6) is 0 Å². The third-order valence-electron chi connectivity index (χ3n) is 4.73. The number of hydrogen-bond acceptors (Lipinski definition) is 5. The van der Waals surface area contributed by atoms with Crippen LogP contribution in [0.2, 0.25) is 0 Å². The highest BCUT2D eigenvalue weighted by Gasteiger charge is 2.16. The summed E-state index contributed by atoms with van der Waals surface area (Å²) in [7, 11) is 0. The summed E-state index contributed by atoms with van der Waals surface area (Å²) in [5, 5.41) is 4.08. The number of carbonyl (C=O) groups is 2. The Labute approximate surface area is 168 Å². The number of hydrogen-bond donors (Lipinski definition) is 0. The van der Waals surface area contributed by atoms with Gasteiger partial charge in [-0.2, -0.15) is 5.10 Å². The van der Waals surface area contributed by atoms with Gasteiger partial charge in [0.15, 0.2) is 12.3 Å². The molecule has 6 heteroatoms. The van der Waals surface area contributed by atoms with Gasteiger partial charge in [-0.15, -0.1) is 0 Å². The fourth-order valence-electron chi connectivity index (χ4n) is 2.97. The number of nitrogens with zero attached hydrogens (tertiary/aromatic N) is 2. The SMILES string of the molecule is Cc1cc(C)c(C(=O)COC(=O)c2ccc(=O)n(Cc3ccccc3)n2)cc1C. The third-order valence-corrected chi connectivity index (χ3v) is 4.73. The first kappa shape index (κ1) is 20.2. The van der Waals surface area contributed by atoms with E-state index in [0.29, 0.717) is 5.56 Å². The van der Waals surface area contributed by atoms with Crippen LogP contribution in [0, 0.1) is 20.8 Å². The van der Waals surface area contributed by atoms with E-state index in [1.807, 2.05) is 57.2 Å². The fourth-order valence-corrected chi connectivity index (χ4v) is 2.97. The van der Waals surface area contributed by atoms with Crippen molar-refractivity contribution >= 4 is 11.8 Å². The Morgan fingerprint density at radius 3 is 2.34 bits per heavy atom. The Balaban J connectivity index is 1.71. The van der Waals surface area contributed by atoms with Crippen LogP contribution in [-0.4, -0.2) is 28.1 Å². The summed E-state index contributed by atoms with van der Waals surface area (Å²) in [6, 6.07) is 15.6. The molecule has 0 unspecified atom stereocenters. The van der Waals surface area contributed by atoms with Gasteiger partial charge in [0, 0.05) is 11.6 Å². The topological polar surface area (TPSA) is 78.3 Å². The molecule has 0 atom stereocenters. The molecule has 0 bridgehead atoms. The average molecular weight is 390 g/mol. The van der Waals surface area contributed by atoms with Crippen molar-refractivity contribution in [3.8, 4) is 0 Å². The van der Waals surface area contributed by atoms with Crippen molar-refractivity contribution in [2.75, 3.05) is 6.61 Å². The molecule has 29 heavy (non-hydrogen) atoms. The van der Waals surface area contributed by atoms with Gasteiger partial charge in [0.25, 0.3) is 5.56 Å². The number of Topliss-reactive ketones (excluding diaryl/α,β-unsaturated/α-hetero) is 1. The third kappa shape index (κ3) is 4.85. The molecular weight excluding hydrogens is 368 g/mol. The predicted octanol–water partition coefficient (Wildman–Crippen LogP) is 3.26. The second-order valence-corrected chi connectivity index (χ2v) is 6.95. The first-order valence-electron chi connectivity index (χ1n) is 9.25. The fraction of sp³-hybridized carbons (Fsp3) is 0.217. The number of aromatic nitrogens is 2. The van der Waals surface area contributed by atoms with Gasteiger partial charge in [-0.25, -0.2) is 9.48 Å². The number of aryl methyl sites for hydroxylation is 3. The number of esters is 1. The molecule has 1 aromatic heterocycles. The number of carbonyl (C=O) groups excluding carboxylic acids is 2. The van der Waals surface area contributed by atoms with Crippen LogP contribution in [0.1, 0.15) is 43.1 Å². The number of benzene rings is 2. The molecule has 0 saturated carbocycles. The van der Waals surface area contributed by atoms with Crippen molar-refractivity contribution in [3.05, 3.63) is 98.5 Å². The molecule has 0 fully saturated rings. The van der Waals surface area contributed by atoms with E-state index in [0.717, 1.165) is 22.3 Å². The van der Waals surface area contributed by atoms with E-state index < -0.39 is 5.97 Å². The molecule has 0 saturated heterocycles.